The molecule has 2 amide bonds. The van der Waals surface area contributed by atoms with Crippen LogP contribution in [0.15, 0.2) is 53.4 Å². The summed E-state index contributed by atoms with van der Waals surface area (Å²) in [5, 5.41) is 10.8. The van der Waals surface area contributed by atoms with E-state index in [1.54, 1.807) is 35.2 Å². The highest BCUT2D eigenvalue weighted by Crippen LogP contribution is 2.29. The molecule has 5 heterocycles. The second kappa shape index (κ2) is 11.8. The summed E-state index contributed by atoms with van der Waals surface area (Å²) < 4.78 is 5.05. The molecular formula is C30H31ClN8O3. The number of piperidine rings is 1. The van der Waals surface area contributed by atoms with Gasteiger partial charge >= 0.3 is 0 Å². The van der Waals surface area contributed by atoms with Crippen molar-refractivity contribution in [3.8, 4) is 0 Å². The summed E-state index contributed by atoms with van der Waals surface area (Å²) in [7, 11) is 1.84. The van der Waals surface area contributed by atoms with Crippen LogP contribution in [0.25, 0.3) is 0 Å². The summed E-state index contributed by atoms with van der Waals surface area (Å²) in [5.74, 6) is 1.30. The van der Waals surface area contributed by atoms with Crippen LogP contribution in [-0.4, -0.2) is 61.9 Å². The molecule has 6 bridgehead atoms. The lowest BCUT2D eigenvalue weighted by atomic mass is 9.94. The molecule has 42 heavy (non-hydrogen) atoms. The second-order valence-corrected chi connectivity index (χ2v) is 11.2. The number of carbonyl (C=O) groups is 2. The first-order chi connectivity index (χ1) is 20.3. The van der Waals surface area contributed by atoms with Crippen LogP contribution in [0.2, 0.25) is 5.02 Å². The molecule has 0 atom stereocenters. The Morgan fingerprint density at radius 3 is 2.69 bits per heavy atom. The van der Waals surface area contributed by atoms with Gasteiger partial charge in [-0.05, 0) is 67.5 Å². The van der Waals surface area contributed by atoms with E-state index >= 15 is 0 Å². The van der Waals surface area contributed by atoms with Gasteiger partial charge in [-0.15, -0.1) is 0 Å². The predicted octanol–water partition coefficient (Wildman–Crippen LogP) is 4.92. The largest absolute Gasteiger partial charge is 0.361 e. The Balaban J connectivity index is 1.17. The lowest BCUT2D eigenvalue weighted by molar-refractivity contribution is -0.136. The Bertz CT molecular complexity index is 1630. The van der Waals surface area contributed by atoms with Gasteiger partial charge in [-0.1, -0.05) is 22.8 Å². The lowest BCUT2D eigenvalue weighted by Gasteiger charge is -2.33. The van der Waals surface area contributed by atoms with Crippen LogP contribution in [-0.2, 0) is 24.2 Å². The number of carbonyl (C=O) groups excluding carboxylic acids is 2. The van der Waals surface area contributed by atoms with Crippen molar-refractivity contribution in [2.24, 2.45) is 5.92 Å². The van der Waals surface area contributed by atoms with Gasteiger partial charge in [0.2, 0.25) is 11.9 Å². The molecule has 2 N–H and O–H groups in total. The molecule has 4 aromatic rings. The number of nitrogens with one attached hydrogen (secondary N) is 2. The van der Waals surface area contributed by atoms with E-state index < -0.39 is 0 Å². The van der Waals surface area contributed by atoms with Crippen molar-refractivity contribution in [1.29, 1.82) is 0 Å². The molecule has 2 aliphatic heterocycles. The standard InChI is InChI=1S/C30H31ClN8O3/c1-18-11-26(37-42-18)29(41)39-9-7-20(8-10-39)28(40)38(2)17-22-5-6-23-13-21(22)4-3-19-12-24(15-32-14-19)35-30-33-16-25(31)27(34-23)36-30/h5-6,11-16,20H,3-4,7-10,17H2,1-2H3,(H2,33,34,35,36). The van der Waals surface area contributed by atoms with Crippen molar-refractivity contribution in [3.05, 3.63) is 82.1 Å². The first-order valence-corrected chi connectivity index (χ1v) is 14.3. The molecule has 2 aliphatic rings. The number of hydrogen-bond acceptors (Lipinski definition) is 9. The molecule has 216 valence electrons. The third kappa shape index (κ3) is 6.06. The monoisotopic (exact) mass is 586 g/mol. The number of anilines is 4. The number of halogens is 1. The summed E-state index contributed by atoms with van der Waals surface area (Å²) in [6.07, 6.45) is 7.90. The van der Waals surface area contributed by atoms with Gasteiger partial charge in [-0.2, -0.15) is 4.98 Å². The van der Waals surface area contributed by atoms with Gasteiger partial charge in [0.05, 0.1) is 18.1 Å². The molecule has 0 saturated carbocycles. The zero-order valence-corrected chi connectivity index (χ0v) is 24.2. The minimum Gasteiger partial charge on any atom is -0.361 e. The Morgan fingerprint density at radius 1 is 1.07 bits per heavy atom. The van der Waals surface area contributed by atoms with Crippen LogP contribution in [0.3, 0.4) is 0 Å². The van der Waals surface area contributed by atoms with Crippen molar-refractivity contribution < 1.29 is 14.1 Å². The molecule has 0 unspecified atom stereocenters. The number of benzene rings is 1. The number of fused-ring (bicyclic) bond motifs is 6. The molecular weight excluding hydrogens is 556 g/mol. The number of amides is 2. The Labute approximate surface area is 248 Å². The third-order valence-corrected chi connectivity index (χ3v) is 7.99. The fraction of sp³-hybridized carbons (Fsp3) is 0.333. The molecule has 6 rings (SSSR count). The molecule has 1 fully saturated rings. The minimum absolute atomic E-state index is 0.0849. The Kier molecular flexibility index (Phi) is 7.75. The molecule has 12 heteroatoms. The highest BCUT2D eigenvalue weighted by molar-refractivity contribution is 6.32. The van der Waals surface area contributed by atoms with E-state index in [2.05, 4.69) is 36.8 Å². The van der Waals surface area contributed by atoms with Crippen LogP contribution in [0.4, 0.5) is 23.1 Å². The minimum atomic E-state index is -0.157. The number of hydrogen-bond donors (Lipinski definition) is 2. The SMILES string of the molecule is Cc1cc(C(=O)N2CCC(C(=O)N(C)Cc3ccc4cc3CCc3cncc(c3)Nc3ncc(Cl)c(n3)N4)CC2)no1. The maximum atomic E-state index is 13.5. The highest BCUT2D eigenvalue weighted by Gasteiger charge is 2.30. The number of likely N-dealkylation sites (tertiary alicyclic amines) is 1. The summed E-state index contributed by atoms with van der Waals surface area (Å²) in [6, 6.07) is 9.79. The van der Waals surface area contributed by atoms with Gasteiger partial charge in [0.25, 0.3) is 5.91 Å². The van der Waals surface area contributed by atoms with Crippen molar-refractivity contribution in [3.63, 3.8) is 0 Å². The zero-order chi connectivity index (χ0) is 29.2. The van der Waals surface area contributed by atoms with E-state index in [-0.39, 0.29) is 17.7 Å². The average Bonchev–Trinajstić information content (AvgIpc) is 3.44. The second-order valence-electron chi connectivity index (χ2n) is 10.8. The van der Waals surface area contributed by atoms with E-state index in [9.17, 15) is 9.59 Å². The van der Waals surface area contributed by atoms with Crippen LogP contribution < -0.4 is 10.6 Å². The van der Waals surface area contributed by atoms with Gasteiger partial charge in [-0.25, -0.2) is 4.98 Å². The molecule has 0 aliphatic carbocycles. The van der Waals surface area contributed by atoms with Gasteiger partial charge in [0.1, 0.15) is 10.8 Å². The van der Waals surface area contributed by atoms with Gasteiger partial charge < -0.3 is 25.0 Å². The maximum absolute atomic E-state index is 13.5. The number of rotatable bonds is 4. The van der Waals surface area contributed by atoms with E-state index in [4.69, 9.17) is 16.1 Å². The number of aryl methyl sites for hydroxylation is 3. The van der Waals surface area contributed by atoms with Crippen LogP contribution in [0.5, 0.6) is 0 Å². The molecule has 0 radical (unpaired) electrons. The number of aromatic nitrogens is 4. The first kappa shape index (κ1) is 27.6. The maximum Gasteiger partial charge on any atom is 0.276 e. The van der Waals surface area contributed by atoms with Crippen LogP contribution in [0.1, 0.15) is 45.8 Å². The summed E-state index contributed by atoms with van der Waals surface area (Å²) in [4.78, 5) is 43.0. The normalized spacial score (nSPS) is 15.0. The van der Waals surface area contributed by atoms with E-state index in [0.29, 0.717) is 60.7 Å². The highest BCUT2D eigenvalue weighted by atomic mass is 35.5. The van der Waals surface area contributed by atoms with Crippen molar-refractivity contribution >= 4 is 46.6 Å². The molecule has 1 aromatic carbocycles. The van der Waals surface area contributed by atoms with Crippen LogP contribution in [0, 0.1) is 12.8 Å². The number of nitrogens with zero attached hydrogens (tertiary/aromatic N) is 6. The van der Waals surface area contributed by atoms with Gasteiger partial charge in [0.15, 0.2) is 11.5 Å². The topological polar surface area (TPSA) is 129 Å². The van der Waals surface area contributed by atoms with Gasteiger partial charge in [0, 0.05) is 50.6 Å². The van der Waals surface area contributed by atoms with E-state index in [0.717, 1.165) is 40.9 Å². The lowest BCUT2D eigenvalue weighted by Crippen LogP contribution is -2.43. The average molecular weight is 587 g/mol. The molecule has 3 aromatic heterocycles. The summed E-state index contributed by atoms with van der Waals surface area (Å²) in [5.41, 5.74) is 5.20. The van der Waals surface area contributed by atoms with E-state index in [1.165, 1.54) is 0 Å². The summed E-state index contributed by atoms with van der Waals surface area (Å²) in [6.45, 7) is 3.25. The van der Waals surface area contributed by atoms with Crippen LogP contribution >= 0.6 is 11.6 Å². The fourth-order valence-electron chi connectivity index (χ4n) is 5.45. The molecule has 1 saturated heterocycles. The predicted molar refractivity (Wildman–Crippen MR) is 158 cm³/mol. The zero-order valence-electron chi connectivity index (χ0n) is 23.4. The summed E-state index contributed by atoms with van der Waals surface area (Å²) >= 11 is 6.40. The van der Waals surface area contributed by atoms with Crippen molar-refractivity contribution in [2.45, 2.75) is 39.2 Å². The fourth-order valence-corrected chi connectivity index (χ4v) is 5.59. The quantitative estimate of drug-likeness (QED) is 0.342. The number of pyridine rings is 1. The third-order valence-electron chi connectivity index (χ3n) is 7.71. The first-order valence-electron chi connectivity index (χ1n) is 13.9. The van der Waals surface area contributed by atoms with Crippen molar-refractivity contribution in [1.82, 2.24) is 29.9 Å². The Hall–Kier alpha value is -4.51. The van der Waals surface area contributed by atoms with Crippen molar-refractivity contribution in [2.75, 3.05) is 30.8 Å². The smallest absolute Gasteiger partial charge is 0.276 e. The Morgan fingerprint density at radius 2 is 1.90 bits per heavy atom. The molecule has 11 nitrogen and oxygen atoms in total. The molecule has 0 spiro atoms. The van der Waals surface area contributed by atoms with Gasteiger partial charge in [-0.3, -0.25) is 14.6 Å². The van der Waals surface area contributed by atoms with E-state index in [1.807, 2.05) is 31.4 Å².